The smallest absolute Gasteiger partial charge is 0.305 e. The van der Waals surface area contributed by atoms with Crippen molar-refractivity contribution in [2.45, 2.75) is 50.4 Å². The molecule has 3 N–H and O–H groups in total. The van der Waals surface area contributed by atoms with Gasteiger partial charge in [-0.1, -0.05) is 12.8 Å². The molecule has 2 unspecified atom stereocenters. The lowest BCUT2D eigenvalue weighted by Gasteiger charge is -2.41. The molecule has 2 atom stereocenters. The summed E-state index contributed by atoms with van der Waals surface area (Å²) in [6, 6.07) is 0. The summed E-state index contributed by atoms with van der Waals surface area (Å²) in [7, 11) is 3.18. The van der Waals surface area contributed by atoms with E-state index >= 15 is 0 Å². The maximum absolute atomic E-state index is 10.9. The van der Waals surface area contributed by atoms with Crippen LogP contribution in [0.15, 0.2) is 0 Å². The van der Waals surface area contributed by atoms with E-state index in [-0.39, 0.29) is 18.6 Å². The molecule has 0 aliphatic heterocycles. The standard InChI is InChI=1S/C12H23NO4/c1-16-11(17-2)7-9-5-3-4-6-12(9,13)8-10(14)15/h9,11H,3-8,13H2,1-2H3,(H,14,15). The molecule has 0 saturated heterocycles. The highest BCUT2D eigenvalue weighted by Crippen LogP contribution is 2.37. The summed E-state index contributed by atoms with van der Waals surface area (Å²) in [4.78, 5) is 10.9. The quantitative estimate of drug-likeness (QED) is 0.690. The van der Waals surface area contributed by atoms with Gasteiger partial charge in [-0.05, 0) is 18.8 Å². The van der Waals surface area contributed by atoms with Crippen LogP contribution < -0.4 is 5.73 Å². The van der Waals surface area contributed by atoms with E-state index in [2.05, 4.69) is 0 Å². The van der Waals surface area contributed by atoms with Crippen molar-refractivity contribution in [1.82, 2.24) is 0 Å². The van der Waals surface area contributed by atoms with Gasteiger partial charge in [-0.25, -0.2) is 0 Å². The van der Waals surface area contributed by atoms with E-state index in [9.17, 15) is 4.79 Å². The second kappa shape index (κ2) is 6.33. The summed E-state index contributed by atoms with van der Waals surface area (Å²) in [5, 5.41) is 8.95. The van der Waals surface area contributed by atoms with Crippen LogP contribution in [0, 0.1) is 5.92 Å². The molecule has 0 spiro atoms. The first-order valence-electron chi connectivity index (χ1n) is 6.08. The van der Waals surface area contributed by atoms with Crippen LogP contribution in [0.4, 0.5) is 0 Å². The lowest BCUT2D eigenvalue weighted by molar-refractivity contribution is -0.142. The maximum atomic E-state index is 10.9. The van der Waals surface area contributed by atoms with Crippen LogP contribution in [0.25, 0.3) is 0 Å². The molecule has 0 radical (unpaired) electrons. The summed E-state index contributed by atoms with van der Waals surface area (Å²) in [6.07, 6.45) is 4.22. The minimum atomic E-state index is -0.828. The Morgan fingerprint density at radius 3 is 2.65 bits per heavy atom. The molecule has 1 aliphatic carbocycles. The number of carboxylic acids is 1. The normalized spacial score (nSPS) is 29.5. The van der Waals surface area contributed by atoms with E-state index in [0.717, 1.165) is 25.7 Å². The lowest BCUT2D eigenvalue weighted by atomic mass is 9.70. The van der Waals surface area contributed by atoms with Gasteiger partial charge in [0.1, 0.15) is 0 Å². The Labute approximate surface area is 102 Å². The first-order valence-corrected chi connectivity index (χ1v) is 6.08. The average Bonchev–Trinajstić information content (AvgIpc) is 2.27. The number of hydrogen-bond acceptors (Lipinski definition) is 4. The van der Waals surface area contributed by atoms with E-state index in [0.29, 0.717) is 6.42 Å². The van der Waals surface area contributed by atoms with Gasteiger partial charge in [0.15, 0.2) is 6.29 Å². The van der Waals surface area contributed by atoms with Crippen LogP contribution in [0.5, 0.6) is 0 Å². The van der Waals surface area contributed by atoms with Crippen molar-refractivity contribution in [2.24, 2.45) is 11.7 Å². The molecule has 1 fully saturated rings. The number of nitrogens with two attached hydrogens (primary N) is 1. The van der Waals surface area contributed by atoms with Gasteiger partial charge in [-0.2, -0.15) is 0 Å². The third kappa shape index (κ3) is 3.94. The average molecular weight is 245 g/mol. The number of methoxy groups -OCH3 is 2. The summed E-state index contributed by atoms with van der Waals surface area (Å²) in [6.45, 7) is 0. The van der Waals surface area contributed by atoms with Gasteiger partial charge in [-0.3, -0.25) is 4.79 Å². The second-order valence-corrected chi connectivity index (χ2v) is 4.88. The zero-order chi connectivity index (χ0) is 12.9. The van der Waals surface area contributed by atoms with E-state index in [1.807, 2.05) is 0 Å². The SMILES string of the molecule is COC(CC1CCCCC1(N)CC(=O)O)OC. The van der Waals surface area contributed by atoms with Crippen molar-refractivity contribution in [3.63, 3.8) is 0 Å². The van der Waals surface area contributed by atoms with Crippen molar-refractivity contribution in [2.75, 3.05) is 14.2 Å². The Hall–Kier alpha value is -0.650. The Morgan fingerprint density at radius 2 is 2.12 bits per heavy atom. The van der Waals surface area contributed by atoms with Crippen molar-refractivity contribution in [3.05, 3.63) is 0 Å². The molecule has 0 amide bonds. The number of aliphatic carboxylic acids is 1. The van der Waals surface area contributed by atoms with Crippen LogP contribution in [0.3, 0.4) is 0 Å². The zero-order valence-corrected chi connectivity index (χ0v) is 10.6. The third-order valence-corrected chi connectivity index (χ3v) is 3.74. The summed E-state index contributed by atoms with van der Waals surface area (Å²) >= 11 is 0. The summed E-state index contributed by atoms with van der Waals surface area (Å²) in [5.41, 5.74) is 5.66. The Morgan fingerprint density at radius 1 is 1.47 bits per heavy atom. The van der Waals surface area contributed by atoms with Crippen molar-refractivity contribution in [1.29, 1.82) is 0 Å². The van der Waals surface area contributed by atoms with Crippen LogP contribution in [-0.2, 0) is 14.3 Å². The number of carbonyl (C=O) groups is 1. The minimum absolute atomic E-state index is 0.0256. The van der Waals surface area contributed by atoms with Gasteiger partial charge in [0.2, 0.25) is 0 Å². The maximum Gasteiger partial charge on any atom is 0.305 e. The van der Waals surface area contributed by atoms with Crippen LogP contribution in [0.2, 0.25) is 0 Å². The molecule has 100 valence electrons. The Balaban J connectivity index is 2.67. The van der Waals surface area contributed by atoms with Gasteiger partial charge >= 0.3 is 5.97 Å². The topological polar surface area (TPSA) is 81.8 Å². The predicted molar refractivity (Wildman–Crippen MR) is 63.6 cm³/mol. The fraction of sp³-hybridized carbons (Fsp3) is 0.917. The van der Waals surface area contributed by atoms with Crippen LogP contribution in [0.1, 0.15) is 38.5 Å². The molecule has 17 heavy (non-hydrogen) atoms. The highest BCUT2D eigenvalue weighted by Gasteiger charge is 2.40. The highest BCUT2D eigenvalue weighted by molar-refractivity contribution is 5.68. The molecular weight excluding hydrogens is 222 g/mol. The monoisotopic (exact) mass is 245 g/mol. The van der Waals surface area contributed by atoms with Gasteiger partial charge in [0, 0.05) is 26.2 Å². The molecule has 0 aromatic rings. The fourth-order valence-corrected chi connectivity index (χ4v) is 2.72. The van der Waals surface area contributed by atoms with Gasteiger partial charge < -0.3 is 20.3 Å². The Bertz CT molecular complexity index is 255. The minimum Gasteiger partial charge on any atom is -0.481 e. The van der Waals surface area contributed by atoms with Gasteiger partial charge in [-0.15, -0.1) is 0 Å². The third-order valence-electron chi connectivity index (χ3n) is 3.74. The lowest BCUT2D eigenvalue weighted by Crippen LogP contribution is -2.51. The number of carboxylic acid groups (broad SMARTS) is 1. The summed E-state index contributed by atoms with van der Waals surface area (Å²) < 4.78 is 10.4. The van der Waals surface area contributed by atoms with E-state index in [1.54, 1.807) is 14.2 Å². The van der Waals surface area contributed by atoms with E-state index in [1.165, 1.54) is 0 Å². The van der Waals surface area contributed by atoms with Crippen LogP contribution >= 0.6 is 0 Å². The number of ether oxygens (including phenoxy) is 2. The molecule has 0 heterocycles. The molecule has 5 heteroatoms. The van der Waals surface area contributed by atoms with E-state index < -0.39 is 11.5 Å². The number of hydrogen-bond donors (Lipinski definition) is 2. The first-order chi connectivity index (χ1) is 8.01. The van der Waals surface area contributed by atoms with Gasteiger partial charge in [0.25, 0.3) is 0 Å². The molecule has 0 aromatic carbocycles. The first kappa shape index (κ1) is 14.4. The molecule has 5 nitrogen and oxygen atoms in total. The van der Waals surface area contributed by atoms with Crippen molar-refractivity contribution in [3.8, 4) is 0 Å². The Kier molecular flexibility index (Phi) is 5.36. The molecule has 0 aromatic heterocycles. The second-order valence-electron chi connectivity index (χ2n) is 4.88. The number of rotatable bonds is 6. The predicted octanol–water partition coefficient (Wildman–Crippen LogP) is 1.36. The van der Waals surface area contributed by atoms with Crippen LogP contribution in [-0.4, -0.2) is 37.1 Å². The largest absolute Gasteiger partial charge is 0.481 e. The summed E-state index contributed by atoms with van der Waals surface area (Å²) in [5.74, 6) is -0.678. The zero-order valence-electron chi connectivity index (χ0n) is 10.6. The molecule has 0 bridgehead atoms. The molecule has 1 aliphatic rings. The van der Waals surface area contributed by atoms with Crippen molar-refractivity contribution < 1.29 is 19.4 Å². The van der Waals surface area contributed by atoms with Crippen molar-refractivity contribution >= 4 is 5.97 Å². The highest BCUT2D eigenvalue weighted by atomic mass is 16.7. The fourth-order valence-electron chi connectivity index (χ4n) is 2.72. The molecule has 1 saturated carbocycles. The van der Waals surface area contributed by atoms with E-state index in [4.69, 9.17) is 20.3 Å². The molecule has 1 rings (SSSR count). The molecular formula is C12H23NO4. The van der Waals surface area contributed by atoms with Gasteiger partial charge in [0.05, 0.1) is 6.42 Å².